The lowest BCUT2D eigenvalue weighted by Gasteiger charge is -1.96. The molecule has 0 radical (unpaired) electrons. The minimum Gasteiger partial charge on any atom is -0.392 e. The van der Waals surface area contributed by atoms with E-state index < -0.39 is 0 Å². The Labute approximate surface area is 99.5 Å². The van der Waals surface area contributed by atoms with Gasteiger partial charge in [-0.25, -0.2) is 0 Å². The van der Waals surface area contributed by atoms with Gasteiger partial charge in [0.05, 0.1) is 6.61 Å². The molecule has 1 aromatic rings. The third-order valence-corrected chi connectivity index (χ3v) is 1.85. The van der Waals surface area contributed by atoms with Crippen molar-refractivity contribution in [3.8, 4) is 0 Å². The Morgan fingerprint density at radius 2 is 2.38 bits per heavy atom. The largest absolute Gasteiger partial charge is 0.392 e. The smallest absolute Gasteiger partial charge is 0.184 e. The highest BCUT2D eigenvalue weighted by Crippen LogP contribution is 2.06. The summed E-state index contributed by atoms with van der Waals surface area (Å²) in [6.45, 7) is 0.0404. The lowest BCUT2D eigenvalue weighted by Crippen LogP contribution is -2.23. The third-order valence-electron chi connectivity index (χ3n) is 1.76. The molecular weight excluding hydrogens is 222 g/mol. The lowest BCUT2D eigenvalue weighted by molar-refractivity contribution is 0.282. The minimum absolute atomic E-state index is 0.0404. The van der Waals surface area contributed by atoms with Crippen molar-refractivity contribution < 1.29 is 5.11 Å². The number of hydrogen-bond donors (Lipinski definition) is 3. The van der Waals surface area contributed by atoms with Crippen LogP contribution < -0.4 is 11.2 Å². The van der Waals surface area contributed by atoms with Gasteiger partial charge < -0.3 is 10.8 Å². The van der Waals surface area contributed by atoms with E-state index in [2.05, 4.69) is 22.7 Å². The van der Waals surface area contributed by atoms with Crippen molar-refractivity contribution in [3.63, 3.8) is 0 Å². The first-order valence-electron chi connectivity index (χ1n) is 4.67. The number of aliphatic hydroxyl groups is 1. The second-order valence-electron chi connectivity index (χ2n) is 3.02. The van der Waals surface area contributed by atoms with Gasteiger partial charge in [0.2, 0.25) is 0 Å². The van der Waals surface area contributed by atoms with Crippen molar-refractivity contribution in [1.82, 2.24) is 5.43 Å². The Bertz CT molecular complexity index is 415. The Kier molecular flexibility index (Phi) is 5.18. The third kappa shape index (κ3) is 4.68. The summed E-state index contributed by atoms with van der Waals surface area (Å²) < 4.78 is 0. The van der Waals surface area contributed by atoms with Gasteiger partial charge in [-0.1, -0.05) is 24.3 Å². The first-order chi connectivity index (χ1) is 7.72. The van der Waals surface area contributed by atoms with Gasteiger partial charge in [0.25, 0.3) is 0 Å². The van der Waals surface area contributed by atoms with Crippen LogP contribution in [-0.2, 0) is 6.61 Å². The van der Waals surface area contributed by atoms with E-state index in [0.29, 0.717) is 0 Å². The number of nitrogens with zero attached hydrogens (tertiary/aromatic N) is 1. The average molecular weight is 235 g/mol. The van der Waals surface area contributed by atoms with Crippen LogP contribution in [0.3, 0.4) is 0 Å². The topological polar surface area (TPSA) is 70.6 Å². The quantitative estimate of drug-likeness (QED) is 0.414. The van der Waals surface area contributed by atoms with Crippen LogP contribution >= 0.6 is 12.2 Å². The monoisotopic (exact) mass is 235 g/mol. The molecule has 0 bridgehead atoms. The van der Waals surface area contributed by atoms with E-state index >= 15 is 0 Å². The maximum absolute atomic E-state index is 8.94. The first-order valence-corrected chi connectivity index (χ1v) is 5.08. The summed E-state index contributed by atoms with van der Waals surface area (Å²) in [6, 6.07) is 7.57. The fraction of sp³-hybridized carbons (Fsp3) is 0.0909. The Hall–Kier alpha value is -1.72. The highest BCUT2D eigenvalue weighted by atomic mass is 32.1. The summed E-state index contributed by atoms with van der Waals surface area (Å²) in [5.74, 6) is 0. The van der Waals surface area contributed by atoms with Crippen molar-refractivity contribution in [3.05, 3.63) is 41.5 Å². The van der Waals surface area contributed by atoms with Crippen LogP contribution in [0.15, 0.2) is 35.4 Å². The Morgan fingerprint density at radius 1 is 1.56 bits per heavy atom. The zero-order valence-electron chi connectivity index (χ0n) is 8.63. The molecule has 0 aliphatic heterocycles. The molecule has 1 aromatic carbocycles. The molecule has 0 unspecified atom stereocenters. The first kappa shape index (κ1) is 12.4. The predicted octanol–water partition coefficient (Wildman–Crippen LogP) is 1.01. The maximum Gasteiger partial charge on any atom is 0.184 e. The zero-order chi connectivity index (χ0) is 11.8. The van der Waals surface area contributed by atoms with Gasteiger partial charge in [-0.3, -0.25) is 5.43 Å². The van der Waals surface area contributed by atoms with Crippen molar-refractivity contribution in [2.24, 2.45) is 10.8 Å². The summed E-state index contributed by atoms with van der Waals surface area (Å²) >= 11 is 4.57. The van der Waals surface area contributed by atoms with E-state index in [9.17, 15) is 0 Å². The molecule has 0 saturated carbocycles. The molecule has 0 heterocycles. The summed E-state index contributed by atoms with van der Waals surface area (Å²) in [5.41, 5.74) is 9.49. The molecule has 0 atom stereocenters. The van der Waals surface area contributed by atoms with Crippen molar-refractivity contribution in [2.75, 3.05) is 0 Å². The van der Waals surface area contributed by atoms with Crippen molar-refractivity contribution in [2.45, 2.75) is 6.61 Å². The summed E-state index contributed by atoms with van der Waals surface area (Å²) in [6.07, 6.45) is 5.16. The molecule has 0 aromatic heterocycles. The van der Waals surface area contributed by atoms with Gasteiger partial charge in [0.15, 0.2) is 5.11 Å². The Morgan fingerprint density at radius 3 is 3.06 bits per heavy atom. The van der Waals surface area contributed by atoms with Crippen LogP contribution in [-0.4, -0.2) is 16.4 Å². The molecular formula is C11H13N3OS. The molecule has 0 aliphatic carbocycles. The second-order valence-corrected chi connectivity index (χ2v) is 3.46. The van der Waals surface area contributed by atoms with E-state index in [0.717, 1.165) is 11.1 Å². The van der Waals surface area contributed by atoms with Gasteiger partial charge in [0.1, 0.15) is 0 Å². The number of rotatable bonds is 4. The summed E-state index contributed by atoms with van der Waals surface area (Å²) in [4.78, 5) is 0. The minimum atomic E-state index is 0.0404. The average Bonchev–Trinajstić information content (AvgIpc) is 2.28. The number of hydrazone groups is 1. The highest BCUT2D eigenvalue weighted by Gasteiger charge is 1.89. The van der Waals surface area contributed by atoms with E-state index in [1.807, 2.05) is 30.3 Å². The van der Waals surface area contributed by atoms with E-state index in [-0.39, 0.29) is 11.7 Å². The van der Waals surface area contributed by atoms with Crippen LogP contribution in [0, 0.1) is 0 Å². The molecule has 4 nitrogen and oxygen atoms in total. The van der Waals surface area contributed by atoms with Gasteiger partial charge in [-0.05, 0) is 35.5 Å². The zero-order valence-corrected chi connectivity index (χ0v) is 9.45. The molecule has 5 heteroatoms. The molecule has 84 valence electrons. The molecule has 0 amide bonds. The van der Waals surface area contributed by atoms with Crippen LogP contribution in [0.1, 0.15) is 11.1 Å². The second kappa shape index (κ2) is 6.71. The Balaban J connectivity index is 2.55. The van der Waals surface area contributed by atoms with Gasteiger partial charge in [-0.2, -0.15) is 5.10 Å². The molecule has 16 heavy (non-hydrogen) atoms. The van der Waals surface area contributed by atoms with Crippen LogP contribution in [0.25, 0.3) is 6.08 Å². The maximum atomic E-state index is 8.94. The number of benzene rings is 1. The predicted molar refractivity (Wildman–Crippen MR) is 69.8 cm³/mol. The molecule has 4 N–H and O–H groups in total. The number of hydrogen-bond acceptors (Lipinski definition) is 3. The highest BCUT2D eigenvalue weighted by molar-refractivity contribution is 7.80. The molecule has 0 spiro atoms. The number of allylic oxidation sites excluding steroid dienone is 1. The van der Waals surface area contributed by atoms with Gasteiger partial charge in [-0.15, -0.1) is 0 Å². The van der Waals surface area contributed by atoms with Gasteiger partial charge in [0, 0.05) is 6.21 Å². The van der Waals surface area contributed by atoms with Crippen molar-refractivity contribution in [1.29, 1.82) is 0 Å². The summed E-state index contributed by atoms with van der Waals surface area (Å²) in [7, 11) is 0. The normalized spacial score (nSPS) is 11.1. The fourth-order valence-corrected chi connectivity index (χ4v) is 1.15. The lowest BCUT2D eigenvalue weighted by atomic mass is 10.1. The molecule has 1 rings (SSSR count). The van der Waals surface area contributed by atoms with Crippen LogP contribution in [0.5, 0.6) is 0 Å². The van der Waals surface area contributed by atoms with E-state index in [1.165, 1.54) is 0 Å². The SMILES string of the molecule is NC(=S)NN=CC=Cc1cccc(CO)c1. The van der Waals surface area contributed by atoms with Gasteiger partial charge >= 0.3 is 0 Å². The molecule has 0 fully saturated rings. The number of nitrogens with one attached hydrogen (secondary N) is 1. The molecule has 0 saturated heterocycles. The number of nitrogens with two attached hydrogens (primary N) is 1. The number of aliphatic hydroxyl groups excluding tert-OH is 1. The van der Waals surface area contributed by atoms with Crippen molar-refractivity contribution >= 4 is 29.6 Å². The van der Waals surface area contributed by atoms with E-state index in [4.69, 9.17) is 10.8 Å². The summed E-state index contributed by atoms with van der Waals surface area (Å²) in [5, 5.41) is 12.8. The number of thiocarbonyl (C=S) groups is 1. The van der Waals surface area contributed by atoms with Crippen LogP contribution in [0.4, 0.5) is 0 Å². The fourth-order valence-electron chi connectivity index (χ4n) is 1.09. The van der Waals surface area contributed by atoms with E-state index in [1.54, 1.807) is 12.3 Å². The molecule has 0 aliphatic rings. The standard InChI is InChI=1S/C11H13N3OS/c12-11(16)14-13-6-2-5-9-3-1-4-10(7-9)8-15/h1-7,15H,8H2,(H3,12,14,16). The van der Waals surface area contributed by atoms with Crippen LogP contribution in [0.2, 0.25) is 0 Å².